The van der Waals surface area contributed by atoms with Crippen LogP contribution in [-0.4, -0.2) is 3.21 Å². The van der Waals surface area contributed by atoms with Crippen LogP contribution in [0.15, 0.2) is 78.9 Å². The van der Waals surface area contributed by atoms with Gasteiger partial charge in [-0.2, -0.15) is 29.3 Å². The number of fused-ring (bicyclic) bond motifs is 5. The summed E-state index contributed by atoms with van der Waals surface area (Å²) >= 11 is 1.51. The van der Waals surface area contributed by atoms with E-state index in [4.69, 9.17) is 0 Å². The molecule has 4 aromatic rings. The zero-order valence-electron chi connectivity index (χ0n) is 34.5. The zero-order valence-corrected chi connectivity index (χ0v) is 38.4. The van der Waals surface area contributed by atoms with Gasteiger partial charge in [0.05, 0.1) is 0 Å². The van der Waals surface area contributed by atoms with Crippen molar-refractivity contribution in [3.63, 3.8) is 0 Å². The number of aryl methyl sites for hydroxylation is 1. The van der Waals surface area contributed by atoms with Crippen LogP contribution in [0.2, 0.25) is 0 Å². The Morgan fingerprint density at radius 3 is 1.67 bits per heavy atom. The number of allylic oxidation sites excluding steroid dienone is 4. The van der Waals surface area contributed by atoms with Gasteiger partial charge in [0, 0.05) is 5.41 Å². The van der Waals surface area contributed by atoms with Crippen molar-refractivity contribution in [2.24, 2.45) is 10.8 Å². The van der Waals surface area contributed by atoms with Gasteiger partial charge in [0.25, 0.3) is 0 Å². The number of benzene rings is 3. The van der Waals surface area contributed by atoms with Crippen LogP contribution in [0.25, 0.3) is 22.3 Å². The van der Waals surface area contributed by atoms with Gasteiger partial charge in [-0.3, -0.25) is 6.08 Å². The molecule has 0 unspecified atom stereocenters. The van der Waals surface area contributed by atoms with E-state index in [-0.39, 0.29) is 46.5 Å². The largest absolute Gasteiger partial charge is 1.00 e. The maximum Gasteiger partial charge on any atom is -1.00 e. The van der Waals surface area contributed by atoms with Crippen LogP contribution < -0.4 is 24.8 Å². The second-order valence-electron chi connectivity index (χ2n) is 19.1. The van der Waals surface area contributed by atoms with Gasteiger partial charge in [0.2, 0.25) is 0 Å². The van der Waals surface area contributed by atoms with Crippen molar-refractivity contribution >= 4 is 14.4 Å². The van der Waals surface area contributed by atoms with Crippen LogP contribution in [0.4, 0.5) is 0 Å². The number of rotatable bonds is 1. The normalized spacial score (nSPS) is 15.9. The molecule has 0 fully saturated rings. The number of hydrogen-bond acceptors (Lipinski definition) is 0. The Kier molecular flexibility index (Phi) is 13.2. The van der Waals surface area contributed by atoms with Gasteiger partial charge in [0.1, 0.15) is 0 Å². The van der Waals surface area contributed by atoms with E-state index in [1.807, 2.05) is 0 Å². The van der Waals surface area contributed by atoms with E-state index in [9.17, 15) is 0 Å². The summed E-state index contributed by atoms with van der Waals surface area (Å²) in [6.07, 6.45) is 7.41. The maximum atomic E-state index is 3.85. The fraction of sp³-hybridized carbons (Fsp3) is 0.429. The Hall–Kier alpha value is -2.18. The van der Waals surface area contributed by atoms with Crippen LogP contribution in [0.3, 0.4) is 0 Å². The molecule has 276 valence electrons. The van der Waals surface area contributed by atoms with Gasteiger partial charge in [-0.25, -0.2) is 11.6 Å². The second kappa shape index (κ2) is 15.5. The quantitative estimate of drug-likeness (QED) is 0.156. The maximum absolute atomic E-state index is 3.85. The monoisotopic (exact) mass is 808 g/mol. The smallest absolute Gasteiger partial charge is 1.00 e. The van der Waals surface area contributed by atoms with Crippen molar-refractivity contribution in [1.82, 2.24) is 0 Å². The summed E-state index contributed by atoms with van der Waals surface area (Å²) in [6.45, 7) is 34.3. The molecule has 0 saturated carbocycles. The van der Waals surface area contributed by atoms with E-state index in [0.29, 0.717) is 5.41 Å². The van der Waals surface area contributed by atoms with E-state index >= 15 is 0 Å². The number of halogens is 2. The summed E-state index contributed by atoms with van der Waals surface area (Å²) in [5, 5.41) is 0. The number of hydrogen-bond donors (Lipinski definition) is 0. The van der Waals surface area contributed by atoms with Crippen LogP contribution >= 0.6 is 0 Å². The summed E-state index contributed by atoms with van der Waals surface area (Å²) in [7, 11) is 0. The molecule has 0 saturated heterocycles. The molecule has 0 aliphatic heterocycles. The topological polar surface area (TPSA) is 0 Å². The molecule has 0 amide bonds. The molecule has 3 aliphatic carbocycles. The van der Waals surface area contributed by atoms with E-state index in [2.05, 4.69) is 189 Å². The molecule has 0 heterocycles. The first-order chi connectivity index (χ1) is 22.9. The third kappa shape index (κ3) is 9.19. The molecular weight excluding hydrogens is 751 g/mol. The van der Waals surface area contributed by atoms with E-state index in [0.717, 1.165) is 6.42 Å². The van der Waals surface area contributed by atoms with Crippen molar-refractivity contribution in [3.8, 4) is 11.1 Å². The average Bonchev–Trinajstić information content (AvgIpc) is 3.75. The molecule has 3 aliphatic rings. The fourth-order valence-electron chi connectivity index (χ4n) is 7.62. The van der Waals surface area contributed by atoms with E-state index in [1.54, 1.807) is 0 Å². The summed E-state index contributed by atoms with van der Waals surface area (Å²) in [4.78, 5) is 0. The summed E-state index contributed by atoms with van der Waals surface area (Å²) in [6, 6.07) is 27.2. The van der Waals surface area contributed by atoms with Gasteiger partial charge < -0.3 is 24.8 Å². The molecule has 4 aromatic carbocycles. The Morgan fingerprint density at radius 1 is 0.692 bits per heavy atom. The Bertz CT molecular complexity index is 1880. The minimum Gasteiger partial charge on any atom is -1.00 e. The van der Waals surface area contributed by atoms with Crippen molar-refractivity contribution < 1.29 is 49.0 Å². The minimum atomic E-state index is -0.0202. The molecule has 0 atom stereocenters. The van der Waals surface area contributed by atoms with E-state index in [1.165, 1.54) is 99.8 Å². The SMILES string of the molecule is CC(C)(C)C1=[C-]C(C)(C)c2cc3c(cc21)-c1cc2c(cc1C3)C(C)(C)C=C2C(C)(C)C.CC(C)(C)c1cc[cH-]c1.C[C](=[Zr+2])c1ccc(C)cc1.[Cl-].[Cl-]. The third-order valence-electron chi connectivity index (χ3n) is 10.6. The Labute approximate surface area is 344 Å². The fourth-order valence-corrected chi connectivity index (χ4v) is 8.03. The Balaban J connectivity index is 0.000000285. The van der Waals surface area contributed by atoms with Crippen LogP contribution in [0.1, 0.15) is 147 Å². The molecule has 0 radical (unpaired) electrons. The second-order valence-corrected chi connectivity index (χ2v) is 20.9. The predicted molar refractivity (Wildman–Crippen MR) is 216 cm³/mol. The van der Waals surface area contributed by atoms with Crippen molar-refractivity contribution in [2.45, 2.75) is 127 Å². The molecule has 0 spiro atoms. The molecule has 0 N–H and O–H groups in total. The van der Waals surface area contributed by atoms with Crippen molar-refractivity contribution in [2.75, 3.05) is 0 Å². The summed E-state index contributed by atoms with van der Waals surface area (Å²) in [5.41, 5.74) is 19.4. The standard InChI is InChI=1S/C31H37.C9H13.C9H10.2ClH.Zr/c1-28(2,3)26-16-30(7,8)24-12-18-11-19-13-25-23(15-21(19)20(18)14-22(24)26)27(29(4,5)6)17-31(25,9)10;1-9(2,3)8-6-4-5-7-8;1-3-9-6-4-8(2)5-7-9;;;/h12-16H,11H2,1-10H3;4-7H,1-3H3;4-7H,1-2H3;2*1H;/q2*-1;;;;+2/p-2. The van der Waals surface area contributed by atoms with Crippen molar-refractivity contribution in [1.29, 1.82) is 0 Å². The summed E-state index contributed by atoms with van der Waals surface area (Å²) in [5.74, 6) is 0. The predicted octanol–water partition coefficient (Wildman–Crippen LogP) is 7.30. The van der Waals surface area contributed by atoms with Gasteiger partial charge in [-0.05, 0) is 62.3 Å². The zero-order chi connectivity index (χ0) is 37.2. The van der Waals surface area contributed by atoms with Gasteiger partial charge in [-0.1, -0.05) is 119 Å². The molecule has 0 bridgehead atoms. The first-order valence-corrected chi connectivity index (χ1v) is 19.7. The van der Waals surface area contributed by atoms with Gasteiger partial charge in [0.15, 0.2) is 0 Å². The molecule has 52 heavy (non-hydrogen) atoms. The first kappa shape index (κ1) is 44.2. The molecule has 0 nitrogen and oxygen atoms in total. The third-order valence-corrected chi connectivity index (χ3v) is 11.3. The van der Waals surface area contributed by atoms with Gasteiger partial charge in [-0.15, -0.1) is 11.6 Å². The molecule has 7 rings (SSSR count). The van der Waals surface area contributed by atoms with Crippen molar-refractivity contribution in [3.05, 3.63) is 135 Å². The average molecular weight is 811 g/mol. The van der Waals surface area contributed by atoms with Crippen LogP contribution in [0, 0.1) is 23.8 Å². The molecular formula is C49H60Cl2Zr-2. The van der Waals surface area contributed by atoms with Gasteiger partial charge >= 0.3 is 76.7 Å². The first-order valence-electron chi connectivity index (χ1n) is 18.5. The molecule has 3 heteroatoms. The molecule has 0 aromatic heterocycles. The minimum absolute atomic E-state index is 0. The van der Waals surface area contributed by atoms with Crippen LogP contribution in [-0.2, 0) is 46.9 Å². The summed E-state index contributed by atoms with van der Waals surface area (Å²) < 4.78 is 1.46. The van der Waals surface area contributed by atoms with Crippen LogP contribution in [0.5, 0.6) is 0 Å². The Morgan fingerprint density at radius 2 is 1.23 bits per heavy atom. The van der Waals surface area contributed by atoms with E-state index < -0.39 is 0 Å².